The summed E-state index contributed by atoms with van der Waals surface area (Å²) in [5.74, 6) is 0.828. The highest BCUT2D eigenvalue weighted by atomic mass is 16.5. The van der Waals surface area contributed by atoms with Gasteiger partial charge in [-0.3, -0.25) is 4.90 Å². The van der Waals surface area contributed by atoms with Crippen LogP contribution in [0.2, 0.25) is 0 Å². The van der Waals surface area contributed by atoms with Crippen molar-refractivity contribution in [1.82, 2.24) is 4.90 Å². The van der Waals surface area contributed by atoms with Crippen LogP contribution in [0.15, 0.2) is 69.9 Å². The zero-order chi connectivity index (χ0) is 21.2. The third kappa shape index (κ3) is 3.96. The molecule has 0 spiro atoms. The Hall–Kier alpha value is -3.11. The minimum atomic E-state index is -0.306. The largest absolute Gasteiger partial charge is 0.492 e. The fourth-order valence-corrected chi connectivity index (χ4v) is 4.68. The van der Waals surface area contributed by atoms with Gasteiger partial charge >= 0.3 is 5.63 Å². The van der Waals surface area contributed by atoms with Gasteiger partial charge in [-0.1, -0.05) is 48.9 Å². The highest BCUT2D eigenvalue weighted by Crippen LogP contribution is 2.32. The van der Waals surface area contributed by atoms with Crippen LogP contribution in [0, 0.1) is 6.92 Å². The molecule has 0 aliphatic carbocycles. The van der Waals surface area contributed by atoms with Crippen LogP contribution in [0.5, 0.6) is 5.75 Å². The summed E-state index contributed by atoms with van der Waals surface area (Å²) in [6.07, 6.45) is 3.92. The number of aryl methyl sites for hydroxylation is 1. The third-order valence-corrected chi connectivity index (χ3v) is 6.32. The van der Waals surface area contributed by atoms with Gasteiger partial charge in [0, 0.05) is 11.9 Å². The minimum Gasteiger partial charge on any atom is -0.492 e. The monoisotopic (exact) mass is 413 g/mol. The number of rotatable bonds is 5. The van der Waals surface area contributed by atoms with E-state index in [-0.39, 0.29) is 5.63 Å². The van der Waals surface area contributed by atoms with Crippen molar-refractivity contribution in [1.29, 1.82) is 0 Å². The Morgan fingerprint density at radius 2 is 1.71 bits per heavy atom. The first-order valence-electron chi connectivity index (χ1n) is 11.1. The second-order valence-corrected chi connectivity index (χ2v) is 8.32. The number of piperidine rings is 1. The van der Waals surface area contributed by atoms with Gasteiger partial charge in [0.1, 0.15) is 17.9 Å². The van der Waals surface area contributed by atoms with Crippen LogP contribution in [0.3, 0.4) is 0 Å². The molecule has 0 N–H and O–H groups in total. The lowest BCUT2D eigenvalue weighted by molar-refractivity contribution is 0.183. The SMILES string of the molecule is Cc1c(-c2ccc(OCCN3CCCCC3)cc2)c(=O)oc2ccc3ccccc3c12. The topological polar surface area (TPSA) is 42.7 Å². The number of benzene rings is 3. The number of hydrogen-bond acceptors (Lipinski definition) is 4. The standard InChI is InChI=1S/C27H27NO3/c1-19-25(27(29)31-24-14-11-20-7-3-4-8-23(20)26(19)24)21-9-12-22(13-10-21)30-18-17-28-15-5-2-6-16-28/h3-4,7-14H,2,5-6,15-18H2,1H3. The second-order valence-electron chi connectivity index (χ2n) is 8.32. The molecule has 1 aliphatic rings. The van der Waals surface area contributed by atoms with Crippen LogP contribution in [-0.2, 0) is 0 Å². The molecule has 0 bridgehead atoms. The summed E-state index contributed by atoms with van der Waals surface area (Å²) in [5.41, 5.74) is 2.73. The van der Waals surface area contributed by atoms with Gasteiger partial charge in [0.25, 0.3) is 0 Å². The Kier molecular flexibility index (Phi) is 5.47. The van der Waals surface area contributed by atoms with Gasteiger partial charge in [-0.05, 0) is 73.0 Å². The lowest BCUT2D eigenvalue weighted by atomic mass is 9.96. The van der Waals surface area contributed by atoms with Crippen molar-refractivity contribution in [3.05, 3.63) is 76.6 Å². The van der Waals surface area contributed by atoms with Crippen molar-refractivity contribution in [2.75, 3.05) is 26.2 Å². The molecular weight excluding hydrogens is 386 g/mol. The smallest absolute Gasteiger partial charge is 0.344 e. The fourth-order valence-electron chi connectivity index (χ4n) is 4.68. The molecule has 4 nitrogen and oxygen atoms in total. The van der Waals surface area contributed by atoms with Crippen molar-refractivity contribution in [2.45, 2.75) is 26.2 Å². The van der Waals surface area contributed by atoms with Crippen molar-refractivity contribution in [3.8, 4) is 16.9 Å². The van der Waals surface area contributed by atoms with Gasteiger partial charge in [0.15, 0.2) is 0 Å². The Morgan fingerprint density at radius 1 is 0.935 bits per heavy atom. The van der Waals surface area contributed by atoms with E-state index in [1.54, 1.807) is 0 Å². The van der Waals surface area contributed by atoms with Gasteiger partial charge in [0.2, 0.25) is 0 Å². The maximum atomic E-state index is 12.8. The molecule has 31 heavy (non-hydrogen) atoms. The van der Waals surface area contributed by atoms with Gasteiger partial charge in [-0.25, -0.2) is 4.79 Å². The molecule has 158 valence electrons. The van der Waals surface area contributed by atoms with E-state index in [9.17, 15) is 4.79 Å². The summed E-state index contributed by atoms with van der Waals surface area (Å²) in [6, 6.07) is 19.9. The van der Waals surface area contributed by atoms with E-state index in [0.717, 1.165) is 39.6 Å². The van der Waals surface area contributed by atoms with Crippen molar-refractivity contribution in [2.24, 2.45) is 0 Å². The highest BCUT2D eigenvalue weighted by Gasteiger charge is 2.15. The molecule has 3 aromatic carbocycles. The predicted octanol–water partition coefficient (Wildman–Crippen LogP) is 5.79. The average Bonchev–Trinajstić information content (AvgIpc) is 2.80. The zero-order valence-electron chi connectivity index (χ0n) is 17.9. The number of nitrogens with zero attached hydrogens (tertiary/aromatic N) is 1. The molecule has 1 fully saturated rings. The normalized spacial score (nSPS) is 14.9. The Labute approximate surface area is 182 Å². The molecule has 4 heteroatoms. The number of likely N-dealkylation sites (tertiary alicyclic amines) is 1. The molecule has 4 aromatic rings. The van der Waals surface area contributed by atoms with E-state index in [1.807, 2.05) is 55.5 Å². The van der Waals surface area contributed by atoms with E-state index >= 15 is 0 Å². The molecule has 1 saturated heterocycles. The average molecular weight is 414 g/mol. The summed E-state index contributed by atoms with van der Waals surface area (Å²) in [6.45, 7) is 6.00. The zero-order valence-corrected chi connectivity index (χ0v) is 17.9. The van der Waals surface area contributed by atoms with E-state index in [1.165, 1.54) is 32.4 Å². The van der Waals surface area contributed by atoms with Gasteiger partial charge < -0.3 is 9.15 Å². The molecule has 1 aromatic heterocycles. The van der Waals surface area contributed by atoms with Crippen molar-refractivity contribution >= 4 is 21.7 Å². The molecule has 0 unspecified atom stereocenters. The summed E-state index contributed by atoms with van der Waals surface area (Å²) in [5, 5.41) is 3.23. The molecule has 5 rings (SSSR count). The lowest BCUT2D eigenvalue weighted by Gasteiger charge is -2.26. The van der Waals surface area contributed by atoms with Crippen LogP contribution >= 0.6 is 0 Å². The quantitative estimate of drug-likeness (QED) is 0.307. The maximum Gasteiger partial charge on any atom is 0.344 e. The second kappa shape index (κ2) is 8.56. The van der Waals surface area contributed by atoms with Crippen molar-refractivity contribution < 1.29 is 9.15 Å². The van der Waals surface area contributed by atoms with E-state index < -0.39 is 0 Å². The first-order chi connectivity index (χ1) is 15.2. The first-order valence-corrected chi connectivity index (χ1v) is 11.1. The lowest BCUT2D eigenvalue weighted by Crippen LogP contribution is -2.33. The minimum absolute atomic E-state index is 0.306. The Bertz CT molecular complexity index is 1270. The Balaban J connectivity index is 1.42. The maximum absolute atomic E-state index is 12.8. The number of fused-ring (bicyclic) bond motifs is 3. The van der Waals surface area contributed by atoms with Crippen LogP contribution in [0.4, 0.5) is 0 Å². The highest BCUT2D eigenvalue weighted by molar-refractivity contribution is 6.08. The summed E-state index contributed by atoms with van der Waals surface area (Å²) >= 11 is 0. The molecule has 1 aliphatic heterocycles. The van der Waals surface area contributed by atoms with Crippen LogP contribution in [0.25, 0.3) is 32.9 Å². The summed E-state index contributed by atoms with van der Waals surface area (Å²) < 4.78 is 11.7. The molecule has 0 amide bonds. The van der Waals surface area contributed by atoms with Crippen LogP contribution in [0.1, 0.15) is 24.8 Å². The van der Waals surface area contributed by atoms with E-state index in [2.05, 4.69) is 17.0 Å². The number of hydrogen-bond donors (Lipinski definition) is 0. The van der Waals surface area contributed by atoms with Gasteiger partial charge in [0.05, 0.1) is 5.56 Å². The summed E-state index contributed by atoms with van der Waals surface area (Å²) in [4.78, 5) is 15.3. The Morgan fingerprint density at radius 3 is 2.52 bits per heavy atom. The van der Waals surface area contributed by atoms with Crippen molar-refractivity contribution in [3.63, 3.8) is 0 Å². The molecule has 0 atom stereocenters. The van der Waals surface area contributed by atoms with Gasteiger partial charge in [-0.15, -0.1) is 0 Å². The predicted molar refractivity (Wildman–Crippen MR) is 126 cm³/mol. The fraction of sp³-hybridized carbons (Fsp3) is 0.296. The molecule has 0 radical (unpaired) electrons. The van der Waals surface area contributed by atoms with E-state index in [0.29, 0.717) is 17.8 Å². The first kappa shape index (κ1) is 19.8. The summed E-state index contributed by atoms with van der Waals surface area (Å²) in [7, 11) is 0. The molecule has 0 saturated carbocycles. The molecule has 2 heterocycles. The molecular formula is C27H27NO3. The van der Waals surface area contributed by atoms with Gasteiger partial charge in [-0.2, -0.15) is 0 Å². The van der Waals surface area contributed by atoms with E-state index in [4.69, 9.17) is 9.15 Å². The van der Waals surface area contributed by atoms with Crippen LogP contribution < -0.4 is 10.4 Å². The number of ether oxygens (including phenoxy) is 1. The third-order valence-electron chi connectivity index (χ3n) is 6.32. The van der Waals surface area contributed by atoms with Crippen LogP contribution in [-0.4, -0.2) is 31.1 Å².